The minimum absolute atomic E-state index is 0.0315. The van der Waals surface area contributed by atoms with Crippen molar-refractivity contribution in [2.75, 3.05) is 0 Å². The lowest BCUT2D eigenvalue weighted by atomic mass is 10.1. The predicted octanol–water partition coefficient (Wildman–Crippen LogP) is 1.49. The molecule has 1 heterocycles. The monoisotopic (exact) mass is 128 g/mol. The summed E-state index contributed by atoms with van der Waals surface area (Å²) in [6, 6.07) is 0. The molecule has 1 rings (SSSR count). The standard InChI is InChI=1S/C7H12O2/c1-3-4-5-7(2)6(8)9-7/h3-5H2,1-2H3. The van der Waals surface area contributed by atoms with Crippen molar-refractivity contribution in [3.63, 3.8) is 0 Å². The van der Waals surface area contributed by atoms with E-state index in [-0.39, 0.29) is 11.6 Å². The second-order valence-electron chi connectivity index (χ2n) is 2.72. The van der Waals surface area contributed by atoms with Crippen molar-refractivity contribution < 1.29 is 9.53 Å². The lowest BCUT2D eigenvalue weighted by Crippen LogP contribution is -2.05. The van der Waals surface area contributed by atoms with Crippen molar-refractivity contribution in [2.45, 2.75) is 38.7 Å². The van der Waals surface area contributed by atoms with Gasteiger partial charge >= 0.3 is 5.97 Å². The van der Waals surface area contributed by atoms with Crippen LogP contribution in [0.25, 0.3) is 0 Å². The molecule has 1 unspecified atom stereocenters. The van der Waals surface area contributed by atoms with Gasteiger partial charge in [-0.2, -0.15) is 0 Å². The molecule has 1 fully saturated rings. The zero-order valence-corrected chi connectivity index (χ0v) is 5.94. The molecule has 0 spiro atoms. The minimum Gasteiger partial charge on any atom is -0.444 e. The average Bonchev–Trinajstić information content (AvgIpc) is 2.38. The summed E-state index contributed by atoms with van der Waals surface area (Å²) in [5, 5.41) is 0. The van der Waals surface area contributed by atoms with E-state index >= 15 is 0 Å². The molecule has 0 saturated carbocycles. The van der Waals surface area contributed by atoms with Crippen LogP contribution >= 0.6 is 0 Å². The maximum absolute atomic E-state index is 10.5. The Labute approximate surface area is 55.2 Å². The number of epoxide rings is 1. The third-order valence-electron chi connectivity index (χ3n) is 1.72. The maximum atomic E-state index is 10.5. The summed E-state index contributed by atoms with van der Waals surface area (Å²) in [5.74, 6) is -0.0315. The highest BCUT2D eigenvalue weighted by molar-refractivity contribution is 5.92. The highest BCUT2D eigenvalue weighted by atomic mass is 16.7. The van der Waals surface area contributed by atoms with Gasteiger partial charge in [-0.25, -0.2) is 4.79 Å². The Bertz CT molecular complexity index is 131. The van der Waals surface area contributed by atoms with E-state index in [1.54, 1.807) is 0 Å². The van der Waals surface area contributed by atoms with E-state index in [2.05, 4.69) is 6.92 Å². The fraction of sp³-hybridized carbons (Fsp3) is 0.857. The Morgan fingerprint density at radius 1 is 1.67 bits per heavy atom. The smallest absolute Gasteiger partial charge is 0.351 e. The first-order valence-corrected chi connectivity index (χ1v) is 3.42. The second-order valence-corrected chi connectivity index (χ2v) is 2.72. The molecule has 0 radical (unpaired) electrons. The van der Waals surface area contributed by atoms with E-state index in [1.165, 1.54) is 0 Å². The normalized spacial score (nSPS) is 32.0. The number of rotatable bonds is 3. The first kappa shape index (κ1) is 6.59. The van der Waals surface area contributed by atoms with Gasteiger partial charge in [0, 0.05) is 0 Å². The largest absolute Gasteiger partial charge is 0.444 e. The summed E-state index contributed by atoms with van der Waals surface area (Å²) in [4.78, 5) is 10.5. The van der Waals surface area contributed by atoms with Crippen molar-refractivity contribution in [2.24, 2.45) is 0 Å². The fourth-order valence-corrected chi connectivity index (χ4v) is 0.846. The van der Waals surface area contributed by atoms with Crippen LogP contribution in [-0.2, 0) is 9.53 Å². The minimum atomic E-state index is -0.379. The summed E-state index contributed by atoms with van der Waals surface area (Å²) >= 11 is 0. The highest BCUT2D eigenvalue weighted by Gasteiger charge is 2.52. The predicted molar refractivity (Wildman–Crippen MR) is 34.0 cm³/mol. The summed E-state index contributed by atoms with van der Waals surface area (Å²) in [5.41, 5.74) is -0.379. The number of unbranched alkanes of at least 4 members (excludes halogenated alkanes) is 1. The van der Waals surface area contributed by atoms with Crippen LogP contribution < -0.4 is 0 Å². The molecule has 0 aromatic heterocycles. The first-order valence-electron chi connectivity index (χ1n) is 3.42. The van der Waals surface area contributed by atoms with Crippen LogP contribution in [0.4, 0.5) is 0 Å². The molecule has 0 aromatic rings. The Morgan fingerprint density at radius 2 is 2.22 bits per heavy atom. The van der Waals surface area contributed by atoms with E-state index in [0.29, 0.717) is 0 Å². The third-order valence-corrected chi connectivity index (χ3v) is 1.72. The fourth-order valence-electron chi connectivity index (χ4n) is 0.846. The SMILES string of the molecule is CCCCC1(C)OC1=O. The van der Waals surface area contributed by atoms with Gasteiger partial charge in [0.15, 0.2) is 0 Å². The lowest BCUT2D eigenvalue weighted by molar-refractivity contribution is -0.117. The maximum Gasteiger partial charge on any atom is 0.351 e. The molecule has 1 aliphatic rings. The van der Waals surface area contributed by atoms with Crippen LogP contribution in [0.1, 0.15) is 33.1 Å². The Balaban J connectivity index is 2.21. The topological polar surface area (TPSA) is 29.6 Å². The first-order chi connectivity index (χ1) is 4.19. The van der Waals surface area contributed by atoms with Gasteiger partial charge in [0.2, 0.25) is 5.60 Å². The zero-order valence-electron chi connectivity index (χ0n) is 5.94. The van der Waals surface area contributed by atoms with E-state index in [4.69, 9.17) is 4.74 Å². The molecular weight excluding hydrogens is 116 g/mol. The number of ether oxygens (including phenoxy) is 1. The molecule has 1 aliphatic heterocycles. The summed E-state index contributed by atoms with van der Waals surface area (Å²) < 4.78 is 4.77. The number of carbonyl (C=O) groups excluding carboxylic acids is 1. The van der Waals surface area contributed by atoms with E-state index in [9.17, 15) is 4.79 Å². The molecule has 9 heavy (non-hydrogen) atoms. The molecule has 0 N–H and O–H groups in total. The molecule has 0 aliphatic carbocycles. The van der Waals surface area contributed by atoms with E-state index in [0.717, 1.165) is 19.3 Å². The van der Waals surface area contributed by atoms with Gasteiger partial charge in [-0.15, -0.1) is 0 Å². The molecule has 52 valence electrons. The summed E-state index contributed by atoms with van der Waals surface area (Å²) in [6.07, 6.45) is 3.11. The highest BCUT2D eigenvalue weighted by Crippen LogP contribution is 2.33. The van der Waals surface area contributed by atoms with Gasteiger partial charge in [0.1, 0.15) is 0 Å². The van der Waals surface area contributed by atoms with Crippen molar-refractivity contribution >= 4 is 5.97 Å². The third kappa shape index (κ3) is 1.23. The van der Waals surface area contributed by atoms with Crippen LogP contribution in [0.15, 0.2) is 0 Å². The summed E-state index contributed by atoms with van der Waals surface area (Å²) in [6.45, 7) is 3.96. The quantitative estimate of drug-likeness (QED) is 0.539. The van der Waals surface area contributed by atoms with Crippen LogP contribution in [-0.4, -0.2) is 11.6 Å². The Kier molecular flexibility index (Phi) is 1.47. The average molecular weight is 128 g/mol. The van der Waals surface area contributed by atoms with E-state index in [1.807, 2.05) is 6.92 Å². The molecule has 2 heteroatoms. The number of hydrogen-bond donors (Lipinski definition) is 0. The molecular formula is C7H12O2. The van der Waals surface area contributed by atoms with Gasteiger partial charge in [-0.3, -0.25) is 0 Å². The van der Waals surface area contributed by atoms with Gasteiger partial charge < -0.3 is 4.74 Å². The molecule has 0 amide bonds. The summed E-state index contributed by atoms with van der Waals surface area (Å²) in [7, 11) is 0. The number of cyclic esters (lactones) is 1. The zero-order chi connectivity index (χ0) is 6.91. The van der Waals surface area contributed by atoms with Crippen LogP contribution in [0.2, 0.25) is 0 Å². The molecule has 0 bridgehead atoms. The van der Waals surface area contributed by atoms with Crippen molar-refractivity contribution in [1.82, 2.24) is 0 Å². The molecule has 0 aromatic carbocycles. The second kappa shape index (κ2) is 2.01. The van der Waals surface area contributed by atoms with Gasteiger partial charge in [0.05, 0.1) is 0 Å². The molecule has 2 nitrogen and oxygen atoms in total. The lowest BCUT2D eigenvalue weighted by Gasteiger charge is -1.96. The Morgan fingerprint density at radius 3 is 2.56 bits per heavy atom. The van der Waals surface area contributed by atoms with Crippen LogP contribution in [0.3, 0.4) is 0 Å². The van der Waals surface area contributed by atoms with E-state index < -0.39 is 0 Å². The Hall–Kier alpha value is -0.530. The molecule has 1 atom stereocenters. The van der Waals surface area contributed by atoms with Gasteiger partial charge in [-0.1, -0.05) is 13.3 Å². The van der Waals surface area contributed by atoms with Gasteiger partial charge in [0.25, 0.3) is 0 Å². The number of carbonyl (C=O) groups is 1. The van der Waals surface area contributed by atoms with Crippen LogP contribution in [0, 0.1) is 0 Å². The van der Waals surface area contributed by atoms with Crippen molar-refractivity contribution in [3.05, 3.63) is 0 Å². The van der Waals surface area contributed by atoms with Crippen molar-refractivity contribution in [1.29, 1.82) is 0 Å². The molecule has 1 saturated heterocycles. The van der Waals surface area contributed by atoms with Gasteiger partial charge in [-0.05, 0) is 19.8 Å². The number of hydrogen-bond acceptors (Lipinski definition) is 2. The van der Waals surface area contributed by atoms with Crippen LogP contribution in [0.5, 0.6) is 0 Å². The van der Waals surface area contributed by atoms with Crippen molar-refractivity contribution in [3.8, 4) is 0 Å².